The second kappa shape index (κ2) is 9.52. The molecule has 0 spiro atoms. The van der Waals surface area contributed by atoms with E-state index in [2.05, 4.69) is 6.92 Å². The molecule has 1 heterocycles. The molecule has 1 aromatic carbocycles. The number of ether oxygens (including phenoxy) is 2. The molecule has 1 saturated heterocycles. The van der Waals surface area contributed by atoms with Crippen molar-refractivity contribution < 1.29 is 35.0 Å². The standard InChI is InChI=1S/C21H34O7/c1-12-7-8-14(13(2)6-5-9-21(3,4)26)15(10-12)27-20-19(25)18(24)17(23)16(11-22)28-20/h7-8,10,13,16-20,22-26H,5-6,9,11H2,1-4H3. The Hall–Kier alpha value is -1.22. The zero-order chi connectivity index (χ0) is 21.1. The van der Waals surface area contributed by atoms with Crippen LogP contribution in [0.1, 0.15) is 57.1 Å². The highest BCUT2D eigenvalue weighted by Gasteiger charge is 2.44. The van der Waals surface area contributed by atoms with E-state index >= 15 is 0 Å². The molecule has 160 valence electrons. The normalized spacial score (nSPS) is 29.5. The zero-order valence-corrected chi connectivity index (χ0v) is 17.1. The Morgan fingerprint density at radius 1 is 1.14 bits per heavy atom. The van der Waals surface area contributed by atoms with Crippen LogP contribution in [0.5, 0.6) is 5.75 Å². The van der Waals surface area contributed by atoms with E-state index in [-0.39, 0.29) is 5.92 Å². The van der Waals surface area contributed by atoms with Crippen molar-refractivity contribution in [3.8, 4) is 5.75 Å². The molecule has 0 aromatic heterocycles. The predicted octanol–water partition coefficient (Wildman–Crippen LogP) is 1.22. The average molecular weight is 398 g/mol. The lowest BCUT2D eigenvalue weighted by Gasteiger charge is -2.40. The highest BCUT2D eigenvalue weighted by molar-refractivity contribution is 5.39. The summed E-state index contributed by atoms with van der Waals surface area (Å²) in [5.41, 5.74) is 1.19. The Balaban J connectivity index is 2.15. The third kappa shape index (κ3) is 5.89. The first-order valence-electron chi connectivity index (χ1n) is 9.83. The quantitative estimate of drug-likeness (QED) is 0.447. The van der Waals surface area contributed by atoms with Crippen LogP contribution < -0.4 is 4.74 Å². The molecule has 28 heavy (non-hydrogen) atoms. The minimum absolute atomic E-state index is 0.142. The first kappa shape index (κ1) is 23.1. The fourth-order valence-corrected chi connectivity index (χ4v) is 3.44. The highest BCUT2D eigenvalue weighted by Crippen LogP contribution is 2.34. The van der Waals surface area contributed by atoms with Gasteiger partial charge >= 0.3 is 0 Å². The minimum atomic E-state index is -1.48. The number of benzene rings is 1. The van der Waals surface area contributed by atoms with Crippen molar-refractivity contribution in [1.82, 2.24) is 0 Å². The van der Waals surface area contributed by atoms with E-state index in [1.165, 1.54) is 0 Å². The van der Waals surface area contributed by atoms with Gasteiger partial charge in [-0.15, -0.1) is 0 Å². The Morgan fingerprint density at radius 3 is 2.43 bits per heavy atom. The lowest BCUT2D eigenvalue weighted by molar-refractivity contribution is -0.277. The first-order valence-corrected chi connectivity index (χ1v) is 9.83. The number of hydrogen-bond donors (Lipinski definition) is 5. The van der Waals surface area contributed by atoms with Crippen molar-refractivity contribution in [2.75, 3.05) is 6.61 Å². The summed E-state index contributed by atoms with van der Waals surface area (Å²) in [5.74, 6) is 0.669. The van der Waals surface area contributed by atoms with Gasteiger partial charge in [0, 0.05) is 0 Å². The third-order valence-corrected chi connectivity index (χ3v) is 5.22. The third-order valence-electron chi connectivity index (χ3n) is 5.22. The van der Waals surface area contributed by atoms with E-state index < -0.39 is 42.9 Å². The Morgan fingerprint density at radius 2 is 1.82 bits per heavy atom. The van der Waals surface area contributed by atoms with Crippen molar-refractivity contribution in [1.29, 1.82) is 0 Å². The Labute approximate surface area is 166 Å². The molecule has 0 amide bonds. The molecular formula is C21H34O7. The molecular weight excluding hydrogens is 364 g/mol. The topological polar surface area (TPSA) is 120 Å². The van der Waals surface area contributed by atoms with Gasteiger partial charge in [-0.05, 0) is 56.7 Å². The van der Waals surface area contributed by atoms with Crippen LogP contribution >= 0.6 is 0 Å². The second-order valence-corrected chi connectivity index (χ2v) is 8.46. The summed E-state index contributed by atoms with van der Waals surface area (Å²) in [7, 11) is 0. The van der Waals surface area contributed by atoms with Crippen molar-refractivity contribution >= 4 is 0 Å². The van der Waals surface area contributed by atoms with E-state index in [4.69, 9.17) is 9.47 Å². The van der Waals surface area contributed by atoms with Crippen LogP contribution in [0.3, 0.4) is 0 Å². The van der Waals surface area contributed by atoms with Gasteiger partial charge in [0.2, 0.25) is 6.29 Å². The number of hydrogen-bond acceptors (Lipinski definition) is 7. The van der Waals surface area contributed by atoms with E-state index in [9.17, 15) is 25.5 Å². The number of aryl methyl sites for hydroxylation is 1. The van der Waals surface area contributed by atoms with E-state index in [1.807, 2.05) is 25.1 Å². The fourth-order valence-electron chi connectivity index (χ4n) is 3.44. The van der Waals surface area contributed by atoms with Gasteiger partial charge in [0.05, 0.1) is 12.2 Å². The zero-order valence-electron chi connectivity index (χ0n) is 17.1. The molecule has 0 radical (unpaired) electrons. The van der Waals surface area contributed by atoms with Gasteiger partial charge in [0.1, 0.15) is 30.2 Å². The molecule has 1 aromatic rings. The lowest BCUT2D eigenvalue weighted by atomic mass is 9.91. The maximum atomic E-state index is 10.2. The van der Waals surface area contributed by atoms with Crippen LogP contribution in [0.4, 0.5) is 0 Å². The smallest absolute Gasteiger partial charge is 0.229 e. The molecule has 0 aliphatic carbocycles. The van der Waals surface area contributed by atoms with Crippen molar-refractivity contribution in [3.05, 3.63) is 29.3 Å². The van der Waals surface area contributed by atoms with Crippen LogP contribution in [-0.2, 0) is 4.74 Å². The molecule has 6 atom stereocenters. The van der Waals surface area contributed by atoms with Gasteiger partial charge in [-0.25, -0.2) is 0 Å². The van der Waals surface area contributed by atoms with Crippen LogP contribution in [0.25, 0.3) is 0 Å². The maximum Gasteiger partial charge on any atom is 0.229 e. The molecule has 2 rings (SSSR count). The first-order chi connectivity index (χ1) is 13.0. The SMILES string of the molecule is Cc1ccc(C(C)CCCC(C)(C)O)c(OC2OC(CO)C(O)C(O)C2O)c1. The maximum absolute atomic E-state index is 10.2. The molecule has 7 nitrogen and oxygen atoms in total. The summed E-state index contributed by atoms with van der Waals surface area (Å²) in [6.07, 6.45) is -4.19. The summed E-state index contributed by atoms with van der Waals surface area (Å²) in [4.78, 5) is 0. The van der Waals surface area contributed by atoms with Crippen molar-refractivity contribution in [2.45, 2.75) is 89.2 Å². The van der Waals surface area contributed by atoms with Gasteiger partial charge in [-0.1, -0.05) is 25.5 Å². The lowest BCUT2D eigenvalue weighted by Crippen LogP contribution is -2.60. The van der Waals surface area contributed by atoms with Crippen LogP contribution in [0.2, 0.25) is 0 Å². The van der Waals surface area contributed by atoms with Crippen molar-refractivity contribution in [2.24, 2.45) is 0 Å². The predicted molar refractivity (Wildman–Crippen MR) is 104 cm³/mol. The van der Waals surface area contributed by atoms with Crippen molar-refractivity contribution in [3.63, 3.8) is 0 Å². The molecule has 7 heteroatoms. The van der Waals surface area contributed by atoms with Crippen LogP contribution in [0, 0.1) is 6.92 Å². The number of rotatable bonds is 8. The summed E-state index contributed by atoms with van der Waals surface area (Å²) < 4.78 is 11.4. The summed E-state index contributed by atoms with van der Waals surface area (Å²) >= 11 is 0. The van der Waals surface area contributed by atoms with Crippen LogP contribution in [-0.4, -0.2) is 68.4 Å². The number of aliphatic hydroxyl groups is 5. The van der Waals surface area contributed by atoms with E-state index in [0.29, 0.717) is 12.2 Å². The fraction of sp³-hybridized carbons (Fsp3) is 0.714. The largest absolute Gasteiger partial charge is 0.462 e. The molecule has 0 saturated carbocycles. The van der Waals surface area contributed by atoms with Gasteiger partial charge in [-0.2, -0.15) is 0 Å². The molecule has 0 bridgehead atoms. The Kier molecular flexibility index (Phi) is 7.84. The summed E-state index contributed by atoms with van der Waals surface area (Å²) in [6.45, 7) is 7.06. The number of aliphatic hydroxyl groups excluding tert-OH is 4. The minimum Gasteiger partial charge on any atom is -0.462 e. The second-order valence-electron chi connectivity index (χ2n) is 8.46. The summed E-state index contributed by atoms with van der Waals surface area (Å²) in [5, 5.41) is 49.4. The van der Waals surface area contributed by atoms with Gasteiger partial charge in [0.15, 0.2) is 0 Å². The molecule has 5 N–H and O–H groups in total. The summed E-state index contributed by atoms with van der Waals surface area (Å²) in [6, 6.07) is 5.77. The molecule has 1 aliphatic heterocycles. The van der Waals surface area contributed by atoms with Gasteiger partial charge in [-0.3, -0.25) is 0 Å². The Bertz CT molecular complexity index is 626. The van der Waals surface area contributed by atoms with Gasteiger partial charge in [0.25, 0.3) is 0 Å². The molecule has 1 aliphatic rings. The van der Waals surface area contributed by atoms with E-state index in [0.717, 1.165) is 24.0 Å². The molecule has 6 unspecified atom stereocenters. The average Bonchev–Trinajstić information content (AvgIpc) is 2.61. The van der Waals surface area contributed by atoms with E-state index in [1.54, 1.807) is 13.8 Å². The van der Waals surface area contributed by atoms with Crippen LogP contribution in [0.15, 0.2) is 18.2 Å². The monoisotopic (exact) mass is 398 g/mol. The highest BCUT2D eigenvalue weighted by atomic mass is 16.7. The van der Waals surface area contributed by atoms with Gasteiger partial charge < -0.3 is 35.0 Å². The molecule has 1 fully saturated rings.